The third-order valence-electron chi connectivity index (χ3n) is 4.88. The van der Waals surface area contributed by atoms with Crippen molar-refractivity contribution in [3.63, 3.8) is 0 Å². The Morgan fingerprint density at radius 1 is 1.03 bits per heavy atom. The summed E-state index contributed by atoms with van der Waals surface area (Å²) in [5.41, 5.74) is 3.10. The normalized spacial score (nSPS) is 11.0. The number of nitrogens with one attached hydrogen (secondary N) is 1. The van der Waals surface area contributed by atoms with E-state index in [1.165, 1.54) is 21.9 Å². The number of nitrogens with zero attached hydrogens (tertiary/aromatic N) is 4. The van der Waals surface area contributed by atoms with E-state index in [0.717, 1.165) is 22.5 Å². The Bertz CT molecular complexity index is 1420. The molecule has 2 aromatic carbocycles. The Hall–Kier alpha value is -4.04. The number of aromatic nitrogens is 4. The van der Waals surface area contributed by atoms with Crippen LogP contribution in [0.25, 0.3) is 21.9 Å². The molecule has 0 spiro atoms. The lowest BCUT2D eigenvalue weighted by Crippen LogP contribution is -2.30. The second-order valence-electron chi connectivity index (χ2n) is 6.86. The number of thiazole rings is 1. The van der Waals surface area contributed by atoms with Gasteiger partial charge in [0, 0.05) is 41.6 Å². The number of amides is 1. The summed E-state index contributed by atoms with van der Waals surface area (Å²) in [7, 11) is 0. The number of para-hydroxylation sites is 1. The van der Waals surface area contributed by atoms with Crippen LogP contribution in [0.1, 0.15) is 15.9 Å². The second-order valence-corrected chi connectivity index (χ2v) is 7.74. The first-order valence-electron chi connectivity index (χ1n) is 9.63. The van der Waals surface area contributed by atoms with Crippen LogP contribution in [-0.2, 0) is 6.54 Å². The first kappa shape index (κ1) is 19.0. The van der Waals surface area contributed by atoms with Crippen LogP contribution in [0.5, 0.6) is 0 Å². The molecule has 1 amide bonds. The zero-order chi connectivity index (χ0) is 21.2. The van der Waals surface area contributed by atoms with Gasteiger partial charge < -0.3 is 5.32 Å². The molecule has 1 N–H and O–H groups in total. The quantitative estimate of drug-likeness (QED) is 0.465. The highest BCUT2D eigenvalue weighted by Crippen LogP contribution is 2.23. The molecule has 0 aliphatic heterocycles. The van der Waals surface area contributed by atoms with Gasteiger partial charge in [0.1, 0.15) is 5.56 Å². The van der Waals surface area contributed by atoms with E-state index in [2.05, 4.69) is 10.3 Å². The molecule has 0 unspecified atom stereocenters. The highest BCUT2D eigenvalue weighted by Gasteiger charge is 2.17. The van der Waals surface area contributed by atoms with Gasteiger partial charge >= 0.3 is 0 Å². The van der Waals surface area contributed by atoms with Crippen LogP contribution in [0.15, 0.2) is 89.4 Å². The number of carbonyl (C=O) groups is 1. The summed E-state index contributed by atoms with van der Waals surface area (Å²) in [4.78, 5) is 30.1. The molecule has 0 saturated heterocycles. The molecule has 3 aromatic heterocycles. The van der Waals surface area contributed by atoms with Crippen LogP contribution < -0.4 is 10.9 Å². The van der Waals surface area contributed by atoms with E-state index < -0.39 is 5.91 Å². The lowest BCUT2D eigenvalue weighted by atomic mass is 10.1. The van der Waals surface area contributed by atoms with Crippen LogP contribution in [0.3, 0.4) is 0 Å². The first-order valence-corrected chi connectivity index (χ1v) is 10.5. The van der Waals surface area contributed by atoms with Crippen LogP contribution in [-0.4, -0.2) is 25.1 Å². The minimum atomic E-state index is -0.468. The number of hydrogen-bond acceptors (Lipinski definition) is 5. The fourth-order valence-electron chi connectivity index (χ4n) is 3.34. The van der Waals surface area contributed by atoms with Gasteiger partial charge in [-0.25, -0.2) is 9.67 Å². The predicted molar refractivity (Wildman–Crippen MR) is 120 cm³/mol. The molecule has 0 aliphatic rings. The summed E-state index contributed by atoms with van der Waals surface area (Å²) in [6, 6.07) is 19.6. The molecule has 0 fully saturated rings. The molecule has 0 atom stereocenters. The van der Waals surface area contributed by atoms with Crippen molar-refractivity contribution in [3.05, 3.63) is 106 Å². The molecule has 5 aromatic rings. The zero-order valence-electron chi connectivity index (χ0n) is 16.3. The minimum absolute atomic E-state index is 0.00705. The molecule has 3 heterocycles. The lowest BCUT2D eigenvalue weighted by Gasteiger charge is -2.05. The van der Waals surface area contributed by atoms with Gasteiger partial charge in [-0.1, -0.05) is 48.5 Å². The Morgan fingerprint density at radius 3 is 2.55 bits per heavy atom. The smallest absolute Gasteiger partial charge is 0.271 e. The first-order chi connectivity index (χ1) is 15.2. The second kappa shape index (κ2) is 8.00. The standard InChI is InChI=1S/C23H17N5O2S/c29-21(19-14-25-23-27(22(19)30)11-12-31-23)24-13-17-15-28(18-9-5-2-6-10-18)26-20(17)16-7-3-1-4-8-16/h1-12,14-15H,13H2,(H,24,29). The molecule has 0 saturated carbocycles. The Labute approximate surface area is 181 Å². The average molecular weight is 427 g/mol. The van der Waals surface area contributed by atoms with Gasteiger partial charge in [0.25, 0.3) is 11.5 Å². The molecular formula is C23H17N5O2S. The van der Waals surface area contributed by atoms with Gasteiger partial charge in [0.15, 0.2) is 4.96 Å². The number of fused-ring (bicyclic) bond motifs is 1. The molecular weight excluding hydrogens is 410 g/mol. The van der Waals surface area contributed by atoms with Gasteiger partial charge in [0.2, 0.25) is 0 Å². The highest BCUT2D eigenvalue weighted by atomic mass is 32.1. The van der Waals surface area contributed by atoms with Gasteiger partial charge in [-0.2, -0.15) is 5.10 Å². The van der Waals surface area contributed by atoms with Gasteiger partial charge in [-0.15, -0.1) is 11.3 Å². The topological polar surface area (TPSA) is 81.3 Å². The third-order valence-corrected chi connectivity index (χ3v) is 5.66. The molecule has 0 bridgehead atoms. The Morgan fingerprint density at radius 2 is 1.77 bits per heavy atom. The third kappa shape index (κ3) is 3.64. The van der Waals surface area contributed by atoms with Crippen molar-refractivity contribution in [2.45, 2.75) is 6.54 Å². The summed E-state index contributed by atoms with van der Waals surface area (Å²) in [6.07, 6.45) is 4.84. The average Bonchev–Trinajstić information content (AvgIpc) is 3.47. The van der Waals surface area contributed by atoms with Gasteiger partial charge in [-0.3, -0.25) is 14.0 Å². The van der Waals surface area contributed by atoms with Crippen molar-refractivity contribution in [3.8, 4) is 16.9 Å². The van der Waals surface area contributed by atoms with Crippen LogP contribution in [0.2, 0.25) is 0 Å². The van der Waals surface area contributed by atoms with E-state index >= 15 is 0 Å². The largest absolute Gasteiger partial charge is 0.348 e. The van der Waals surface area contributed by atoms with Crippen molar-refractivity contribution >= 4 is 22.2 Å². The molecule has 31 heavy (non-hydrogen) atoms. The maximum atomic E-state index is 12.7. The summed E-state index contributed by atoms with van der Waals surface area (Å²) < 4.78 is 3.17. The highest BCUT2D eigenvalue weighted by molar-refractivity contribution is 7.15. The van der Waals surface area contributed by atoms with Gasteiger partial charge in [0.05, 0.1) is 11.4 Å². The molecule has 7 nitrogen and oxygen atoms in total. The monoisotopic (exact) mass is 427 g/mol. The lowest BCUT2D eigenvalue weighted by molar-refractivity contribution is 0.0949. The minimum Gasteiger partial charge on any atom is -0.348 e. The van der Waals surface area contributed by atoms with E-state index in [9.17, 15) is 9.59 Å². The van der Waals surface area contributed by atoms with Crippen molar-refractivity contribution in [1.29, 1.82) is 0 Å². The van der Waals surface area contributed by atoms with Crippen molar-refractivity contribution < 1.29 is 4.79 Å². The summed E-state index contributed by atoms with van der Waals surface area (Å²) >= 11 is 1.34. The summed E-state index contributed by atoms with van der Waals surface area (Å²) in [6.45, 7) is 0.224. The summed E-state index contributed by atoms with van der Waals surface area (Å²) in [5.74, 6) is -0.468. The Balaban J connectivity index is 1.46. The number of rotatable bonds is 5. The molecule has 152 valence electrons. The van der Waals surface area contributed by atoms with E-state index in [1.54, 1.807) is 16.3 Å². The Kier molecular flexibility index (Phi) is 4.89. The predicted octanol–water partition coefficient (Wildman–Crippen LogP) is 3.54. The fraction of sp³-hybridized carbons (Fsp3) is 0.0435. The maximum Gasteiger partial charge on any atom is 0.271 e. The van der Waals surface area contributed by atoms with Crippen LogP contribution in [0, 0.1) is 0 Å². The fourth-order valence-corrected chi connectivity index (χ4v) is 4.02. The maximum absolute atomic E-state index is 12.7. The van der Waals surface area contributed by atoms with E-state index in [-0.39, 0.29) is 17.7 Å². The van der Waals surface area contributed by atoms with E-state index in [0.29, 0.717) is 4.96 Å². The number of benzene rings is 2. The van der Waals surface area contributed by atoms with Crippen molar-refractivity contribution in [2.75, 3.05) is 0 Å². The summed E-state index contributed by atoms with van der Waals surface area (Å²) in [5, 5.41) is 9.35. The van der Waals surface area contributed by atoms with Crippen molar-refractivity contribution in [1.82, 2.24) is 24.5 Å². The molecule has 0 radical (unpaired) electrons. The molecule has 8 heteroatoms. The van der Waals surface area contributed by atoms with Crippen LogP contribution in [0.4, 0.5) is 0 Å². The van der Waals surface area contributed by atoms with Crippen LogP contribution >= 0.6 is 11.3 Å². The SMILES string of the molecule is O=C(NCc1cn(-c2ccccc2)nc1-c1ccccc1)c1cnc2sccn2c1=O. The van der Waals surface area contributed by atoms with Gasteiger partial charge in [-0.05, 0) is 12.1 Å². The number of carbonyl (C=O) groups excluding carboxylic acids is 1. The molecule has 0 aliphatic carbocycles. The van der Waals surface area contributed by atoms with E-state index in [1.807, 2.05) is 66.9 Å². The molecule has 5 rings (SSSR count). The van der Waals surface area contributed by atoms with Crippen molar-refractivity contribution in [2.24, 2.45) is 0 Å². The zero-order valence-corrected chi connectivity index (χ0v) is 17.1. The number of hydrogen-bond donors (Lipinski definition) is 1. The van der Waals surface area contributed by atoms with E-state index in [4.69, 9.17) is 5.10 Å².